The number of isocyanates is 2. The quantitative estimate of drug-likeness (QED) is 0.334. The van der Waals surface area contributed by atoms with E-state index in [-0.39, 0.29) is 0 Å². The maximum atomic E-state index is 8.35. The van der Waals surface area contributed by atoms with Crippen molar-refractivity contribution in [2.45, 2.75) is 13.2 Å². The maximum absolute atomic E-state index is 8.35. The average molecular weight is 304 g/mol. The lowest BCUT2D eigenvalue weighted by molar-refractivity contribution is 0.134. The fourth-order valence-corrected chi connectivity index (χ4v) is 1.34. The van der Waals surface area contributed by atoms with Crippen LogP contribution in [0, 0.1) is 10.8 Å². The molecule has 6 heteroatoms. The van der Waals surface area contributed by atoms with Gasteiger partial charge in [-0.1, -0.05) is 36.4 Å². The summed E-state index contributed by atoms with van der Waals surface area (Å²) in [5.74, 6) is 0. The van der Waals surface area contributed by atoms with E-state index in [1.165, 1.54) is 0 Å². The van der Waals surface area contributed by atoms with E-state index in [1.807, 2.05) is 12.1 Å². The summed E-state index contributed by atoms with van der Waals surface area (Å²) < 4.78 is 10.8. The highest BCUT2D eigenvalue weighted by Gasteiger charge is 2.01. The fraction of sp³-hybridized carbons (Fsp3) is 0.250. The first-order valence-corrected chi connectivity index (χ1v) is 6.23. The van der Waals surface area contributed by atoms with Gasteiger partial charge in [-0.05, 0) is 11.1 Å². The third-order valence-electron chi connectivity index (χ3n) is 2.10. The Kier molecular flexibility index (Phi) is 18.1. The molecule has 0 aliphatic heterocycles. The second-order valence-electron chi connectivity index (χ2n) is 3.58. The molecule has 0 saturated carbocycles. The lowest BCUT2D eigenvalue weighted by atomic mass is 10.1. The van der Waals surface area contributed by atoms with Crippen molar-refractivity contribution in [1.82, 2.24) is 0 Å². The van der Waals surface area contributed by atoms with Crippen LogP contribution in [-0.2, 0) is 32.3 Å². The van der Waals surface area contributed by atoms with Crippen LogP contribution < -0.4 is 0 Å². The highest BCUT2D eigenvalue weighted by atomic mass is 16.5. The van der Waals surface area contributed by atoms with Crippen molar-refractivity contribution in [3.05, 3.63) is 60.7 Å². The molecule has 0 aliphatic carbocycles. The Hall–Kier alpha value is -2.62. The molecule has 0 unspecified atom stereocenters. The monoisotopic (exact) mass is 304 g/mol. The number of ether oxygens (including phenoxy) is 2. The number of hydrogen-bond donors (Lipinski definition) is 2. The Labute approximate surface area is 130 Å². The molecule has 1 rings (SSSR count). The molecule has 0 atom stereocenters. The minimum atomic E-state index is 0.571. The third-order valence-corrected chi connectivity index (χ3v) is 2.10. The Balaban J connectivity index is 0. The lowest BCUT2D eigenvalue weighted by Gasteiger charge is -2.09. The van der Waals surface area contributed by atoms with Gasteiger partial charge in [-0.25, -0.2) is 20.4 Å². The van der Waals surface area contributed by atoms with Crippen molar-refractivity contribution in [2.24, 2.45) is 0 Å². The molecule has 0 saturated heterocycles. The zero-order chi connectivity index (χ0) is 17.1. The fourth-order valence-electron chi connectivity index (χ4n) is 1.34. The normalized spacial score (nSPS) is 8.00. The van der Waals surface area contributed by atoms with Crippen LogP contribution in [0.4, 0.5) is 0 Å². The van der Waals surface area contributed by atoms with E-state index >= 15 is 0 Å². The van der Waals surface area contributed by atoms with E-state index in [9.17, 15) is 0 Å². The molecule has 0 bridgehead atoms. The van der Waals surface area contributed by atoms with Crippen LogP contribution in [0.2, 0.25) is 0 Å². The van der Waals surface area contributed by atoms with E-state index in [0.717, 1.165) is 23.3 Å². The van der Waals surface area contributed by atoms with Crippen molar-refractivity contribution >= 4 is 12.2 Å². The molecule has 2 N–H and O–H groups in total. The van der Waals surface area contributed by atoms with Crippen LogP contribution in [0.1, 0.15) is 11.1 Å². The van der Waals surface area contributed by atoms with E-state index in [0.29, 0.717) is 26.4 Å². The van der Waals surface area contributed by atoms with Crippen LogP contribution in [0.15, 0.2) is 49.6 Å². The molecule has 6 nitrogen and oxygen atoms in total. The SMILES string of the molecule is C=CCOCc1ccccc1COCC=C.N=C=O.N=C=O. The number of benzene rings is 1. The molecule has 1 aromatic rings. The van der Waals surface area contributed by atoms with Gasteiger partial charge in [-0.2, -0.15) is 0 Å². The lowest BCUT2D eigenvalue weighted by Crippen LogP contribution is -2.00. The Morgan fingerprint density at radius 1 is 0.909 bits per heavy atom. The molecule has 1 aromatic carbocycles. The van der Waals surface area contributed by atoms with Gasteiger partial charge in [0.2, 0.25) is 12.2 Å². The summed E-state index contributed by atoms with van der Waals surface area (Å²) in [4.78, 5) is 16.7. The largest absolute Gasteiger partial charge is 0.373 e. The molecular formula is C16H20N2O4. The Morgan fingerprint density at radius 3 is 1.50 bits per heavy atom. The van der Waals surface area contributed by atoms with Crippen molar-refractivity contribution in [3.63, 3.8) is 0 Å². The Bertz CT molecular complexity index is 444. The van der Waals surface area contributed by atoms with E-state index in [2.05, 4.69) is 25.3 Å². The molecular weight excluding hydrogens is 284 g/mol. The van der Waals surface area contributed by atoms with Crippen molar-refractivity contribution < 1.29 is 19.1 Å². The number of nitrogens with one attached hydrogen (secondary N) is 2. The molecule has 22 heavy (non-hydrogen) atoms. The minimum Gasteiger partial charge on any atom is -0.373 e. The number of rotatable bonds is 8. The zero-order valence-electron chi connectivity index (χ0n) is 12.3. The van der Waals surface area contributed by atoms with Crippen molar-refractivity contribution in [2.75, 3.05) is 13.2 Å². The van der Waals surface area contributed by atoms with Crippen LogP contribution in [0.5, 0.6) is 0 Å². The summed E-state index contributed by atoms with van der Waals surface area (Å²) >= 11 is 0. The summed E-state index contributed by atoms with van der Waals surface area (Å²) in [6.45, 7) is 9.56. The first-order valence-electron chi connectivity index (χ1n) is 6.23. The van der Waals surface area contributed by atoms with E-state index in [4.69, 9.17) is 29.9 Å². The van der Waals surface area contributed by atoms with Crippen molar-refractivity contribution in [1.29, 1.82) is 10.8 Å². The molecule has 0 aromatic heterocycles. The third kappa shape index (κ3) is 13.8. The van der Waals surface area contributed by atoms with Gasteiger partial charge in [-0.15, -0.1) is 13.2 Å². The van der Waals surface area contributed by atoms with Crippen LogP contribution in [0.3, 0.4) is 0 Å². The Morgan fingerprint density at radius 2 is 1.23 bits per heavy atom. The van der Waals surface area contributed by atoms with Gasteiger partial charge >= 0.3 is 0 Å². The second kappa shape index (κ2) is 18.4. The topological polar surface area (TPSA) is 100 Å². The zero-order valence-corrected chi connectivity index (χ0v) is 12.3. The summed E-state index contributed by atoms with van der Waals surface area (Å²) in [6, 6.07) is 8.11. The number of hydrogen-bond acceptors (Lipinski definition) is 6. The van der Waals surface area contributed by atoms with Gasteiger partial charge < -0.3 is 9.47 Å². The van der Waals surface area contributed by atoms with Crippen LogP contribution in [-0.4, -0.2) is 25.4 Å². The molecule has 0 fully saturated rings. The minimum absolute atomic E-state index is 0.571. The highest BCUT2D eigenvalue weighted by molar-refractivity contribution is 5.26. The summed E-state index contributed by atoms with van der Waals surface area (Å²) in [7, 11) is 0. The van der Waals surface area contributed by atoms with Crippen LogP contribution >= 0.6 is 0 Å². The summed E-state index contributed by atoms with van der Waals surface area (Å²) in [5, 5.41) is 10.8. The van der Waals surface area contributed by atoms with E-state index < -0.39 is 0 Å². The van der Waals surface area contributed by atoms with Gasteiger partial charge in [0.1, 0.15) is 0 Å². The molecule has 0 amide bonds. The van der Waals surface area contributed by atoms with Gasteiger partial charge in [-0.3, -0.25) is 0 Å². The first kappa shape index (κ1) is 21.7. The van der Waals surface area contributed by atoms with E-state index in [1.54, 1.807) is 12.2 Å². The second-order valence-corrected chi connectivity index (χ2v) is 3.58. The standard InChI is InChI=1S/C14H18O2.2CHNO/c1-3-9-15-11-13-7-5-6-8-14(13)12-16-10-4-2;2*2-1-3/h3-8H,1-2,9-12H2;2*2H. The first-order chi connectivity index (χ1) is 10.7. The van der Waals surface area contributed by atoms with Gasteiger partial charge in [0.15, 0.2) is 0 Å². The number of carbonyl (C=O) groups excluding carboxylic acids is 2. The average Bonchev–Trinajstić information content (AvgIpc) is 2.51. The highest BCUT2D eigenvalue weighted by Crippen LogP contribution is 2.11. The predicted octanol–water partition coefficient (Wildman–Crippen LogP) is 2.89. The molecule has 0 heterocycles. The molecule has 0 spiro atoms. The van der Waals surface area contributed by atoms with Crippen molar-refractivity contribution in [3.8, 4) is 0 Å². The van der Waals surface area contributed by atoms with Gasteiger partial charge in [0.05, 0.1) is 26.4 Å². The van der Waals surface area contributed by atoms with Gasteiger partial charge in [0, 0.05) is 0 Å². The van der Waals surface area contributed by atoms with Crippen LogP contribution in [0.25, 0.3) is 0 Å². The van der Waals surface area contributed by atoms with Gasteiger partial charge in [0.25, 0.3) is 0 Å². The smallest absolute Gasteiger partial charge is 0.231 e. The summed E-state index contributed by atoms with van der Waals surface area (Å²) in [5.41, 5.74) is 2.32. The maximum Gasteiger partial charge on any atom is 0.231 e. The molecule has 118 valence electrons. The summed E-state index contributed by atoms with van der Waals surface area (Å²) in [6.07, 6.45) is 4.99. The molecule has 0 aliphatic rings. The predicted molar refractivity (Wildman–Crippen MR) is 83.0 cm³/mol. The molecule has 0 radical (unpaired) electrons.